The quantitative estimate of drug-likeness (QED) is 0.840. The van der Waals surface area contributed by atoms with Crippen molar-refractivity contribution in [3.8, 4) is 0 Å². The van der Waals surface area contributed by atoms with Crippen molar-refractivity contribution in [1.82, 2.24) is 19.3 Å². The van der Waals surface area contributed by atoms with E-state index in [4.69, 9.17) is 0 Å². The highest BCUT2D eigenvalue weighted by Gasteiger charge is 2.07. The van der Waals surface area contributed by atoms with Crippen LogP contribution in [-0.4, -0.2) is 25.9 Å². The van der Waals surface area contributed by atoms with E-state index in [1.165, 1.54) is 23.3 Å². The molecular formula is C10H13N5S2. The maximum absolute atomic E-state index is 4.46. The Balaban J connectivity index is 2.14. The number of aryl methyl sites for hydroxylation is 1. The van der Waals surface area contributed by atoms with E-state index in [2.05, 4.69) is 31.6 Å². The molecule has 0 saturated heterocycles. The van der Waals surface area contributed by atoms with E-state index in [1.807, 2.05) is 13.1 Å². The number of hydrogen-bond acceptors (Lipinski definition) is 7. The Morgan fingerprint density at radius 3 is 3.00 bits per heavy atom. The molecule has 0 spiro atoms. The minimum Gasteiger partial charge on any atom is -0.354 e. The summed E-state index contributed by atoms with van der Waals surface area (Å²) in [6, 6.07) is 0. The van der Waals surface area contributed by atoms with E-state index in [-0.39, 0.29) is 0 Å². The second-order valence-corrected chi connectivity index (χ2v) is 5.43. The van der Waals surface area contributed by atoms with Crippen molar-refractivity contribution < 1.29 is 0 Å². The van der Waals surface area contributed by atoms with E-state index >= 15 is 0 Å². The van der Waals surface area contributed by atoms with Crippen molar-refractivity contribution in [2.45, 2.75) is 29.6 Å². The molecular weight excluding hydrogens is 254 g/mol. The molecule has 5 nitrogen and oxygen atoms in total. The van der Waals surface area contributed by atoms with Gasteiger partial charge in [-0.05, 0) is 36.6 Å². The highest BCUT2D eigenvalue weighted by molar-refractivity contribution is 8.00. The fourth-order valence-electron chi connectivity index (χ4n) is 1.14. The Morgan fingerprint density at radius 1 is 1.41 bits per heavy atom. The molecule has 0 aliphatic rings. The third kappa shape index (κ3) is 3.37. The van der Waals surface area contributed by atoms with Crippen LogP contribution in [0.25, 0.3) is 0 Å². The first-order valence-corrected chi connectivity index (χ1v) is 6.90. The molecule has 1 N–H and O–H groups in total. The standard InChI is InChI=1S/C10H13N5S2/c1-3-4-11-9-12-5-7(2)8(15-9)16-10-13-6-14-17-10/h5-6H,3-4H2,1-2H3,(H,11,12,15). The summed E-state index contributed by atoms with van der Waals surface area (Å²) >= 11 is 2.89. The summed E-state index contributed by atoms with van der Waals surface area (Å²) in [5, 5.41) is 4.10. The summed E-state index contributed by atoms with van der Waals surface area (Å²) in [5.74, 6) is 0.671. The van der Waals surface area contributed by atoms with Crippen LogP contribution in [-0.2, 0) is 0 Å². The number of nitrogens with one attached hydrogen (secondary N) is 1. The van der Waals surface area contributed by atoms with Crippen molar-refractivity contribution in [2.24, 2.45) is 0 Å². The van der Waals surface area contributed by atoms with E-state index in [0.29, 0.717) is 5.95 Å². The molecule has 17 heavy (non-hydrogen) atoms. The fourth-order valence-corrected chi connectivity index (χ4v) is 2.55. The van der Waals surface area contributed by atoms with Gasteiger partial charge in [-0.3, -0.25) is 0 Å². The lowest BCUT2D eigenvalue weighted by atomic mass is 10.4. The lowest BCUT2D eigenvalue weighted by molar-refractivity contribution is 0.925. The van der Waals surface area contributed by atoms with Crippen LogP contribution in [0.1, 0.15) is 18.9 Å². The zero-order valence-corrected chi connectivity index (χ0v) is 11.3. The van der Waals surface area contributed by atoms with Crippen molar-refractivity contribution >= 4 is 29.2 Å². The van der Waals surface area contributed by atoms with Gasteiger partial charge < -0.3 is 5.32 Å². The van der Waals surface area contributed by atoms with Crippen LogP contribution in [0.5, 0.6) is 0 Å². The summed E-state index contributed by atoms with van der Waals surface area (Å²) in [6.45, 7) is 4.98. The molecule has 0 aromatic carbocycles. The van der Waals surface area contributed by atoms with Gasteiger partial charge in [-0.1, -0.05) is 6.92 Å². The average Bonchev–Trinajstić information content (AvgIpc) is 2.83. The molecule has 0 bridgehead atoms. The molecule has 0 unspecified atom stereocenters. The minimum absolute atomic E-state index is 0.671. The van der Waals surface area contributed by atoms with Gasteiger partial charge in [0, 0.05) is 18.3 Å². The number of anilines is 1. The van der Waals surface area contributed by atoms with Gasteiger partial charge in [0.2, 0.25) is 5.95 Å². The molecule has 2 aromatic heterocycles. The molecule has 0 atom stereocenters. The summed E-state index contributed by atoms with van der Waals surface area (Å²) in [5.41, 5.74) is 1.05. The Kier molecular flexibility index (Phi) is 4.27. The van der Waals surface area contributed by atoms with Gasteiger partial charge >= 0.3 is 0 Å². The van der Waals surface area contributed by atoms with Crippen molar-refractivity contribution in [1.29, 1.82) is 0 Å². The monoisotopic (exact) mass is 267 g/mol. The topological polar surface area (TPSA) is 63.6 Å². The van der Waals surface area contributed by atoms with Gasteiger partial charge in [-0.15, -0.1) is 0 Å². The fraction of sp³-hybridized carbons (Fsp3) is 0.400. The maximum atomic E-state index is 4.46. The Labute approximate surface area is 108 Å². The molecule has 0 aliphatic heterocycles. The molecule has 0 radical (unpaired) electrons. The zero-order valence-electron chi connectivity index (χ0n) is 9.67. The van der Waals surface area contributed by atoms with Crippen LogP contribution >= 0.6 is 23.3 Å². The summed E-state index contributed by atoms with van der Waals surface area (Å²) in [6.07, 6.45) is 4.43. The predicted molar refractivity (Wildman–Crippen MR) is 69.6 cm³/mol. The third-order valence-corrected chi connectivity index (χ3v) is 3.80. The Hall–Kier alpha value is -1.21. The second-order valence-electron chi connectivity index (χ2n) is 3.42. The summed E-state index contributed by atoms with van der Waals surface area (Å²) in [7, 11) is 0. The molecule has 0 aliphatic carbocycles. The normalized spacial score (nSPS) is 10.5. The van der Waals surface area contributed by atoms with Gasteiger partial charge in [0.15, 0.2) is 4.34 Å². The Morgan fingerprint density at radius 2 is 2.29 bits per heavy atom. The molecule has 7 heteroatoms. The van der Waals surface area contributed by atoms with E-state index < -0.39 is 0 Å². The first kappa shape index (κ1) is 12.3. The van der Waals surface area contributed by atoms with Crippen LogP contribution in [0, 0.1) is 6.92 Å². The van der Waals surface area contributed by atoms with Crippen LogP contribution in [0.2, 0.25) is 0 Å². The average molecular weight is 267 g/mol. The predicted octanol–water partition coefficient (Wildman–Crippen LogP) is 2.61. The van der Waals surface area contributed by atoms with Crippen molar-refractivity contribution in [3.05, 3.63) is 18.1 Å². The number of rotatable bonds is 5. The van der Waals surface area contributed by atoms with Crippen LogP contribution in [0.3, 0.4) is 0 Å². The number of nitrogens with zero attached hydrogens (tertiary/aromatic N) is 4. The first-order chi connectivity index (χ1) is 8.29. The molecule has 0 saturated carbocycles. The van der Waals surface area contributed by atoms with Crippen LogP contribution in [0.15, 0.2) is 21.9 Å². The van der Waals surface area contributed by atoms with Crippen molar-refractivity contribution in [3.63, 3.8) is 0 Å². The largest absolute Gasteiger partial charge is 0.354 e. The van der Waals surface area contributed by atoms with E-state index in [0.717, 1.165) is 27.9 Å². The van der Waals surface area contributed by atoms with Crippen molar-refractivity contribution in [2.75, 3.05) is 11.9 Å². The van der Waals surface area contributed by atoms with Crippen LogP contribution < -0.4 is 5.32 Å². The maximum Gasteiger partial charge on any atom is 0.223 e. The molecule has 90 valence electrons. The highest BCUT2D eigenvalue weighted by atomic mass is 32.2. The number of aromatic nitrogens is 4. The van der Waals surface area contributed by atoms with E-state index in [1.54, 1.807) is 6.33 Å². The lowest BCUT2D eigenvalue weighted by Gasteiger charge is -2.06. The van der Waals surface area contributed by atoms with Gasteiger partial charge in [0.1, 0.15) is 11.4 Å². The molecule has 0 fully saturated rings. The highest BCUT2D eigenvalue weighted by Crippen LogP contribution is 2.29. The number of hydrogen-bond donors (Lipinski definition) is 1. The summed E-state index contributed by atoms with van der Waals surface area (Å²) < 4.78 is 4.87. The lowest BCUT2D eigenvalue weighted by Crippen LogP contribution is -2.05. The third-order valence-electron chi connectivity index (χ3n) is 1.98. The zero-order chi connectivity index (χ0) is 12.1. The molecule has 2 aromatic rings. The summed E-state index contributed by atoms with van der Waals surface area (Å²) in [4.78, 5) is 12.8. The van der Waals surface area contributed by atoms with Gasteiger partial charge in [-0.2, -0.15) is 4.37 Å². The van der Waals surface area contributed by atoms with E-state index in [9.17, 15) is 0 Å². The first-order valence-electron chi connectivity index (χ1n) is 5.31. The van der Waals surface area contributed by atoms with Crippen LogP contribution in [0.4, 0.5) is 5.95 Å². The minimum atomic E-state index is 0.671. The van der Waals surface area contributed by atoms with Gasteiger partial charge in [-0.25, -0.2) is 15.0 Å². The smallest absolute Gasteiger partial charge is 0.223 e. The Bertz CT molecular complexity index is 472. The SMILES string of the molecule is CCCNc1ncc(C)c(Sc2ncns2)n1. The molecule has 2 rings (SSSR count). The van der Waals surface area contributed by atoms with Gasteiger partial charge in [0.25, 0.3) is 0 Å². The molecule has 0 amide bonds. The molecule has 2 heterocycles. The van der Waals surface area contributed by atoms with Gasteiger partial charge in [0.05, 0.1) is 0 Å². The second kappa shape index (κ2) is 5.92.